The molecule has 1 fully saturated rings. The molecular formula is C12H16N2O4S. The number of hydrogen-bond donors (Lipinski definition) is 1. The maximum atomic E-state index is 11.9. The molecule has 1 N–H and O–H groups in total. The van der Waals surface area contributed by atoms with Gasteiger partial charge in [-0.3, -0.25) is 4.79 Å². The van der Waals surface area contributed by atoms with Gasteiger partial charge in [0.15, 0.2) is 10.7 Å². The van der Waals surface area contributed by atoms with E-state index >= 15 is 0 Å². The van der Waals surface area contributed by atoms with E-state index in [1.54, 1.807) is 7.05 Å². The molecule has 0 spiro atoms. The van der Waals surface area contributed by atoms with Gasteiger partial charge in [0.25, 0.3) is 5.91 Å². The molecule has 0 aromatic carbocycles. The lowest BCUT2D eigenvalue weighted by Crippen LogP contribution is -2.30. The molecule has 1 aromatic heterocycles. The fraction of sp³-hybridized carbons (Fsp3) is 0.583. The number of carboxylic acid groups (broad SMARTS) is 1. The van der Waals surface area contributed by atoms with Crippen LogP contribution >= 0.6 is 11.3 Å². The van der Waals surface area contributed by atoms with E-state index in [2.05, 4.69) is 4.98 Å². The van der Waals surface area contributed by atoms with E-state index in [0.29, 0.717) is 19.1 Å². The highest BCUT2D eigenvalue weighted by molar-refractivity contribution is 7.11. The van der Waals surface area contributed by atoms with Gasteiger partial charge in [-0.1, -0.05) is 0 Å². The van der Waals surface area contributed by atoms with Gasteiger partial charge >= 0.3 is 5.97 Å². The first-order chi connectivity index (χ1) is 9.08. The van der Waals surface area contributed by atoms with Gasteiger partial charge in [-0.05, 0) is 18.8 Å². The Kier molecular flexibility index (Phi) is 4.49. The summed E-state index contributed by atoms with van der Waals surface area (Å²) in [5, 5.41) is 10.3. The van der Waals surface area contributed by atoms with E-state index < -0.39 is 5.97 Å². The van der Waals surface area contributed by atoms with Gasteiger partial charge in [-0.2, -0.15) is 0 Å². The molecule has 1 heterocycles. The number of thiazole rings is 1. The van der Waals surface area contributed by atoms with E-state index in [4.69, 9.17) is 9.84 Å². The summed E-state index contributed by atoms with van der Waals surface area (Å²) in [6.45, 7) is 1.74. The van der Waals surface area contributed by atoms with Crippen molar-refractivity contribution in [2.24, 2.45) is 5.92 Å². The van der Waals surface area contributed by atoms with Crippen LogP contribution in [-0.2, 0) is 4.74 Å². The molecule has 2 rings (SSSR count). The zero-order chi connectivity index (χ0) is 13.8. The number of carbonyl (C=O) groups is 2. The molecule has 19 heavy (non-hydrogen) atoms. The largest absolute Gasteiger partial charge is 0.476 e. The third-order valence-electron chi connectivity index (χ3n) is 2.87. The smallest absolute Gasteiger partial charge is 0.355 e. The molecule has 0 saturated heterocycles. The number of aromatic carboxylic acids is 1. The van der Waals surface area contributed by atoms with Crippen LogP contribution in [-0.4, -0.2) is 53.7 Å². The van der Waals surface area contributed by atoms with E-state index in [1.165, 1.54) is 23.1 Å². The van der Waals surface area contributed by atoms with E-state index in [1.807, 2.05) is 0 Å². The highest BCUT2D eigenvalue weighted by Gasteiger charge is 2.21. The second-order valence-corrected chi connectivity index (χ2v) is 5.45. The quantitative estimate of drug-likeness (QED) is 0.764. The molecule has 0 bridgehead atoms. The van der Waals surface area contributed by atoms with Crippen molar-refractivity contribution in [2.45, 2.75) is 12.8 Å². The van der Waals surface area contributed by atoms with Crippen LogP contribution in [0.5, 0.6) is 0 Å². The van der Waals surface area contributed by atoms with Gasteiger partial charge in [0, 0.05) is 25.6 Å². The number of aromatic nitrogens is 1. The predicted molar refractivity (Wildman–Crippen MR) is 69.6 cm³/mol. The summed E-state index contributed by atoms with van der Waals surface area (Å²) in [4.78, 5) is 27.9. The highest BCUT2D eigenvalue weighted by atomic mass is 32.1. The van der Waals surface area contributed by atoms with Gasteiger partial charge in [-0.15, -0.1) is 11.3 Å². The number of carboxylic acids is 1. The van der Waals surface area contributed by atoms with Crippen LogP contribution in [0.3, 0.4) is 0 Å². The number of hydrogen-bond acceptors (Lipinski definition) is 5. The minimum absolute atomic E-state index is 0.0910. The van der Waals surface area contributed by atoms with Crippen LogP contribution in [0, 0.1) is 5.92 Å². The van der Waals surface area contributed by atoms with Crippen LogP contribution < -0.4 is 0 Å². The van der Waals surface area contributed by atoms with Crippen molar-refractivity contribution in [3.05, 3.63) is 16.1 Å². The fourth-order valence-corrected chi connectivity index (χ4v) is 2.26. The van der Waals surface area contributed by atoms with Crippen molar-refractivity contribution in [2.75, 3.05) is 26.8 Å². The molecule has 0 radical (unpaired) electrons. The zero-order valence-electron chi connectivity index (χ0n) is 10.7. The van der Waals surface area contributed by atoms with Crippen molar-refractivity contribution >= 4 is 23.2 Å². The highest BCUT2D eigenvalue weighted by Crippen LogP contribution is 2.28. The van der Waals surface area contributed by atoms with Crippen molar-refractivity contribution in [1.82, 2.24) is 9.88 Å². The molecule has 0 unspecified atom stereocenters. The Balaban J connectivity index is 1.77. The Morgan fingerprint density at radius 3 is 2.89 bits per heavy atom. The van der Waals surface area contributed by atoms with Crippen LogP contribution in [0.1, 0.15) is 33.1 Å². The Morgan fingerprint density at radius 2 is 2.32 bits per heavy atom. The molecule has 104 valence electrons. The number of carbonyl (C=O) groups excluding carboxylic acids is 1. The summed E-state index contributed by atoms with van der Waals surface area (Å²) < 4.78 is 5.45. The maximum Gasteiger partial charge on any atom is 0.355 e. The van der Waals surface area contributed by atoms with Crippen molar-refractivity contribution < 1.29 is 19.4 Å². The monoisotopic (exact) mass is 284 g/mol. The number of nitrogens with zero attached hydrogens (tertiary/aromatic N) is 2. The maximum absolute atomic E-state index is 11.9. The van der Waals surface area contributed by atoms with Crippen LogP contribution in [0.25, 0.3) is 0 Å². The summed E-state index contributed by atoms with van der Waals surface area (Å²) in [5.41, 5.74) is -0.0910. The van der Waals surface area contributed by atoms with E-state index in [-0.39, 0.29) is 16.6 Å². The summed E-state index contributed by atoms with van der Waals surface area (Å²) in [5.74, 6) is -0.684. The number of rotatable bonds is 7. The van der Waals surface area contributed by atoms with Gasteiger partial charge in [0.05, 0.1) is 6.61 Å². The summed E-state index contributed by atoms with van der Waals surface area (Å²) in [6, 6.07) is 0. The molecule has 0 aliphatic heterocycles. The number of amides is 1. The molecule has 0 atom stereocenters. The third-order valence-corrected chi connectivity index (χ3v) is 3.70. The summed E-state index contributed by atoms with van der Waals surface area (Å²) in [7, 11) is 1.66. The second kappa shape index (κ2) is 6.12. The minimum Gasteiger partial charge on any atom is -0.476 e. The Labute approximate surface area is 115 Å². The van der Waals surface area contributed by atoms with Crippen LogP contribution in [0.15, 0.2) is 5.38 Å². The van der Waals surface area contributed by atoms with Gasteiger partial charge in [0.2, 0.25) is 0 Å². The Morgan fingerprint density at radius 1 is 1.58 bits per heavy atom. The van der Waals surface area contributed by atoms with Crippen molar-refractivity contribution in [3.63, 3.8) is 0 Å². The number of likely N-dealkylation sites (N-methyl/N-ethyl adjacent to an activating group) is 1. The lowest BCUT2D eigenvalue weighted by atomic mass is 10.4. The van der Waals surface area contributed by atoms with Crippen molar-refractivity contribution in [1.29, 1.82) is 0 Å². The zero-order valence-corrected chi connectivity index (χ0v) is 11.5. The first kappa shape index (κ1) is 14.0. The molecule has 1 amide bonds. The number of ether oxygens (including phenoxy) is 1. The molecule has 1 aliphatic carbocycles. The fourth-order valence-electron chi connectivity index (χ4n) is 1.47. The third kappa shape index (κ3) is 4.00. The van der Waals surface area contributed by atoms with Gasteiger partial charge < -0.3 is 14.7 Å². The van der Waals surface area contributed by atoms with E-state index in [0.717, 1.165) is 17.9 Å². The summed E-state index contributed by atoms with van der Waals surface area (Å²) >= 11 is 1.04. The Bertz CT molecular complexity index is 470. The average Bonchev–Trinajstić information content (AvgIpc) is 3.06. The minimum atomic E-state index is -1.12. The first-order valence-corrected chi connectivity index (χ1v) is 6.98. The van der Waals surface area contributed by atoms with Gasteiger partial charge in [0.1, 0.15) is 0 Å². The second-order valence-electron chi connectivity index (χ2n) is 4.59. The lowest BCUT2D eigenvalue weighted by Gasteiger charge is -2.15. The SMILES string of the molecule is CN(CCOCC1CC1)C(=O)c1nc(C(=O)O)cs1. The molecule has 1 aromatic rings. The summed E-state index contributed by atoms with van der Waals surface area (Å²) in [6.07, 6.45) is 2.48. The van der Waals surface area contributed by atoms with Gasteiger partial charge in [-0.25, -0.2) is 9.78 Å². The van der Waals surface area contributed by atoms with Crippen molar-refractivity contribution in [3.8, 4) is 0 Å². The topological polar surface area (TPSA) is 79.7 Å². The first-order valence-electron chi connectivity index (χ1n) is 6.10. The molecule has 1 saturated carbocycles. The molecule has 6 nitrogen and oxygen atoms in total. The predicted octanol–water partition coefficient (Wildman–Crippen LogP) is 1.34. The Hall–Kier alpha value is -1.47. The van der Waals surface area contributed by atoms with Crippen LogP contribution in [0.4, 0.5) is 0 Å². The molecular weight excluding hydrogens is 268 g/mol. The standard InChI is InChI=1S/C12H16N2O4S/c1-14(4-5-18-6-8-2-3-8)11(15)10-13-9(7-19-10)12(16)17/h7-8H,2-6H2,1H3,(H,16,17). The lowest BCUT2D eigenvalue weighted by molar-refractivity contribution is 0.0678. The average molecular weight is 284 g/mol. The van der Waals surface area contributed by atoms with Crippen LogP contribution in [0.2, 0.25) is 0 Å². The molecule has 7 heteroatoms. The molecule has 1 aliphatic rings. The normalized spacial score (nSPS) is 14.4. The van der Waals surface area contributed by atoms with E-state index in [9.17, 15) is 9.59 Å².